The Morgan fingerprint density at radius 1 is 1.04 bits per heavy atom. The number of ether oxygens (including phenoxy) is 1. The number of carbonyl (C=O) groups is 2. The molecule has 0 aliphatic carbocycles. The molecule has 136 valence electrons. The molecular weight excluding hydrogens is 346 g/mol. The molecule has 0 radical (unpaired) electrons. The first kappa shape index (κ1) is 18.3. The number of fused-ring (bicyclic) bond motifs is 1. The van der Waals surface area contributed by atoms with Crippen molar-refractivity contribution in [2.24, 2.45) is 0 Å². The van der Waals surface area contributed by atoms with E-state index in [1.807, 2.05) is 42.5 Å². The number of esters is 1. The third-order valence-electron chi connectivity index (χ3n) is 4.31. The molecule has 3 rings (SSSR count). The Labute approximate surface area is 155 Å². The summed E-state index contributed by atoms with van der Waals surface area (Å²) in [5, 5.41) is 13.0. The van der Waals surface area contributed by atoms with Gasteiger partial charge in [-0.25, -0.2) is 0 Å². The van der Waals surface area contributed by atoms with E-state index in [4.69, 9.17) is 4.74 Å². The molecule has 0 fully saturated rings. The van der Waals surface area contributed by atoms with Gasteiger partial charge in [0.2, 0.25) is 5.78 Å². The largest absolute Gasteiger partial charge is 0.457 e. The van der Waals surface area contributed by atoms with Gasteiger partial charge in [0, 0.05) is 17.2 Å². The predicted octanol–water partition coefficient (Wildman–Crippen LogP) is 4.03. The molecule has 3 aromatic rings. The third-order valence-corrected chi connectivity index (χ3v) is 4.31. The smallest absolute Gasteiger partial charge is 0.310 e. The van der Waals surface area contributed by atoms with Crippen LogP contribution in [0, 0.1) is 17.0 Å². The molecule has 3 aromatic carbocycles. The van der Waals surface area contributed by atoms with E-state index in [2.05, 4.69) is 0 Å². The summed E-state index contributed by atoms with van der Waals surface area (Å²) in [5.74, 6) is -1.01. The lowest BCUT2D eigenvalue weighted by Gasteiger charge is -2.07. The zero-order valence-corrected chi connectivity index (χ0v) is 14.7. The second-order valence-corrected chi connectivity index (χ2v) is 6.16. The van der Waals surface area contributed by atoms with Crippen LogP contribution >= 0.6 is 0 Å². The van der Waals surface area contributed by atoms with Crippen LogP contribution in [0.1, 0.15) is 21.5 Å². The van der Waals surface area contributed by atoms with Crippen molar-refractivity contribution in [3.05, 3.63) is 87.5 Å². The molecule has 0 spiro atoms. The Morgan fingerprint density at radius 3 is 2.56 bits per heavy atom. The number of ketones is 1. The van der Waals surface area contributed by atoms with Gasteiger partial charge in [-0.3, -0.25) is 19.7 Å². The Kier molecular flexibility index (Phi) is 5.26. The first-order valence-corrected chi connectivity index (χ1v) is 8.36. The first-order chi connectivity index (χ1) is 13.0. The highest BCUT2D eigenvalue weighted by molar-refractivity contribution is 5.99. The number of aryl methyl sites for hydroxylation is 1. The SMILES string of the molecule is Cc1ccc(C(=O)COC(=O)Cc2cccc3ccccc23)cc1[N+](=O)[O-]. The third kappa shape index (κ3) is 4.17. The number of rotatable bonds is 6. The number of nitro benzene ring substituents is 1. The lowest BCUT2D eigenvalue weighted by atomic mass is 10.0. The molecule has 0 aliphatic rings. The molecule has 0 saturated heterocycles. The van der Waals surface area contributed by atoms with Gasteiger partial charge in [-0.2, -0.15) is 0 Å². The number of carbonyl (C=O) groups excluding carboxylic acids is 2. The summed E-state index contributed by atoms with van der Waals surface area (Å²) >= 11 is 0. The van der Waals surface area contributed by atoms with Crippen molar-refractivity contribution >= 4 is 28.2 Å². The number of hydrogen-bond donors (Lipinski definition) is 0. The summed E-state index contributed by atoms with van der Waals surface area (Å²) in [6.07, 6.45) is 0.0443. The molecule has 0 amide bonds. The molecule has 0 aliphatic heterocycles. The van der Waals surface area contributed by atoms with Crippen LogP contribution < -0.4 is 0 Å². The predicted molar refractivity (Wildman–Crippen MR) is 101 cm³/mol. The van der Waals surface area contributed by atoms with Crippen LogP contribution in [0.3, 0.4) is 0 Å². The van der Waals surface area contributed by atoms with Crippen LogP contribution in [-0.2, 0) is 16.0 Å². The van der Waals surface area contributed by atoms with Crippen molar-refractivity contribution in [3.63, 3.8) is 0 Å². The number of benzene rings is 3. The highest BCUT2D eigenvalue weighted by Gasteiger charge is 2.16. The highest BCUT2D eigenvalue weighted by atomic mass is 16.6. The topological polar surface area (TPSA) is 86.5 Å². The quantitative estimate of drug-likeness (QED) is 0.286. The van der Waals surface area contributed by atoms with E-state index in [1.54, 1.807) is 6.92 Å². The maximum atomic E-state index is 12.2. The molecule has 6 heteroatoms. The molecular formula is C21H17NO5. The molecule has 0 heterocycles. The van der Waals surface area contributed by atoms with Gasteiger partial charge in [0.05, 0.1) is 11.3 Å². The monoisotopic (exact) mass is 363 g/mol. The number of nitrogens with zero attached hydrogens (tertiary/aromatic N) is 1. The zero-order valence-electron chi connectivity index (χ0n) is 14.7. The van der Waals surface area contributed by atoms with Crippen molar-refractivity contribution in [3.8, 4) is 0 Å². The van der Waals surface area contributed by atoms with Crippen LogP contribution in [0.15, 0.2) is 60.7 Å². The van der Waals surface area contributed by atoms with Gasteiger partial charge in [0.1, 0.15) is 0 Å². The molecule has 6 nitrogen and oxygen atoms in total. The van der Waals surface area contributed by atoms with Gasteiger partial charge in [-0.1, -0.05) is 54.6 Å². The summed E-state index contributed by atoms with van der Waals surface area (Å²) in [5.41, 5.74) is 1.29. The van der Waals surface area contributed by atoms with Gasteiger partial charge < -0.3 is 4.74 Å². The second-order valence-electron chi connectivity index (χ2n) is 6.16. The molecule has 0 bridgehead atoms. The summed E-state index contributed by atoms with van der Waals surface area (Å²) in [4.78, 5) is 34.8. The van der Waals surface area contributed by atoms with E-state index in [1.165, 1.54) is 18.2 Å². The number of hydrogen-bond acceptors (Lipinski definition) is 5. The van der Waals surface area contributed by atoms with E-state index < -0.39 is 23.3 Å². The fraction of sp³-hybridized carbons (Fsp3) is 0.143. The number of Topliss-reactive ketones (excluding diaryl/α,β-unsaturated/α-hetero) is 1. The van der Waals surface area contributed by atoms with Gasteiger partial charge in [0.25, 0.3) is 5.69 Å². The molecule has 0 aromatic heterocycles. The Bertz CT molecular complexity index is 1040. The van der Waals surface area contributed by atoms with Crippen molar-refractivity contribution in [2.45, 2.75) is 13.3 Å². The zero-order chi connectivity index (χ0) is 19.4. The van der Waals surface area contributed by atoms with E-state index in [9.17, 15) is 19.7 Å². The Hall–Kier alpha value is -3.54. The molecule has 0 saturated carbocycles. The fourth-order valence-corrected chi connectivity index (χ4v) is 2.86. The van der Waals surface area contributed by atoms with Gasteiger partial charge in [-0.05, 0) is 23.3 Å². The Balaban J connectivity index is 1.66. The summed E-state index contributed by atoms with van der Waals surface area (Å²) in [6.45, 7) is 1.14. The maximum absolute atomic E-state index is 12.2. The van der Waals surface area contributed by atoms with Crippen molar-refractivity contribution < 1.29 is 19.2 Å². The van der Waals surface area contributed by atoms with Crippen LogP contribution in [0.25, 0.3) is 10.8 Å². The van der Waals surface area contributed by atoms with Gasteiger partial charge in [0.15, 0.2) is 6.61 Å². The van der Waals surface area contributed by atoms with E-state index in [0.29, 0.717) is 5.56 Å². The lowest BCUT2D eigenvalue weighted by molar-refractivity contribution is -0.385. The summed E-state index contributed by atoms with van der Waals surface area (Å²) < 4.78 is 5.08. The molecule has 0 N–H and O–H groups in total. The standard InChI is InChI=1S/C21H17NO5/c1-14-9-10-17(11-19(14)22(25)26)20(23)13-27-21(24)12-16-7-4-6-15-5-2-3-8-18(15)16/h2-11H,12-13H2,1H3. The van der Waals surface area contributed by atoms with Crippen LogP contribution in [0.2, 0.25) is 0 Å². The minimum Gasteiger partial charge on any atom is -0.457 e. The minimum absolute atomic E-state index is 0.0443. The van der Waals surface area contributed by atoms with Crippen molar-refractivity contribution in [1.29, 1.82) is 0 Å². The van der Waals surface area contributed by atoms with Crippen molar-refractivity contribution in [1.82, 2.24) is 0 Å². The average molecular weight is 363 g/mol. The lowest BCUT2D eigenvalue weighted by Crippen LogP contribution is -2.16. The van der Waals surface area contributed by atoms with E-state index in [-0.39, 0.29) is 17.7 Å². The fourth-order valence-electron chi connectivity index (χ4n) is 2.86. The first-order valence-electron chi connectivity index (χ1n) is 8.36. The van der Waals surface area contributed by atoms with Crippen LogP contribution in [-0.4, -0.2) is 23.3 Å². The summed E-state index contributed by atoms with van der Waals surface area (Å²) in [6, 6.07) is 17.6. The molecule has 0 atom stereocenters. The van der Waals surface area contributed by atoms with Crippen LogP contribution in [0.5, 0.6) is 0 Å². The van der Waals surface area contributed by atoms with Gasteiger partial charge in [-0.15, -0.1) is 0 Å². The summed E-state index contributed by atoms with van der Waals surface area (Å²) in [7, 11) is 0. The van der Waals surface area contributed by atoms with E-state index in [0.717, 1.165) is 16.3 Å². The normalized spacial score (nSPS) is 10.6. The molecule has 27 heavy (non-hydrogen) atoms. The van der Waals surface area contributed by atoms with Crippen LogP contribution in [0.4, 0.5) is 5.69 Å². The number of nitro groups is 1. The molecule has 0 unspecified atom stereocenters. The highest BCUT2D eigenvalue weighted by Crippen LogP contribution is 2.21. The van der Waals surface area contributed by atoms with Crippen molar-refractivity contribution in [2.75, 3.05) is 6.61 Å². The second kappa shape index (κ2) is 7.78. The minimum atomic E-state index is -0.543. The van der Waals surface area contributed by atoms with E-state index >= 15 is 0 Å². The average Bonchev–Trinajstić information content (AvgIpc) is 2.66. The van der Waals surface area contributed by atoms with Gasteiger partial charge >= 0.3 is 5.97 Å². The Morgan fingerprint density at radius 2 is 1.78 bits per heavy atom. The maximum Gasteiger partial charge on any atom is 0.310 e.